The number of azo groups is 1. The summed E-state index contributed by atoms with van der Waals surface area (Å²) >= 11 is 0. The first-order valence-electron chi connectivity index (χ1n) is 11.7. The molecule has 0 radical (unpaired) electrons. The zero-order chi connectivity index (χ0) is 32.5. The van der Waals surface area contributed by atoms with Gasteiger partial charge in [0.2, 0.25) is 9.80 Å². The van der Waals surface area contributed by atoms with E-state index in [1.54, 1.807) is 0 Å². The Morgan fingerprint density at radius 3 is 2.00 bits per heavy atom. The molecule has 0 aromatic heterocycles. The first-order valence-corrected chi connectivity index (χ1v) is 17.4. The van der Waals surface area contributed by atoms with Gasteiger partial charge in [-0.15, -0.1) is 5.11 Å². The molecule has 0 fully saturated rings. The Morgan fingerprint density at radius 2 is 1.43 bits per heavy atom. The summed E-state index contributed by atoms with van der Waals surface area (Å²) in [6.07, 6.45) is 2.13. The fraction of sp³-hybridized carbons (Fsp3) is 0.130. The maximum absolute atomic E-state index is 13.3. The molecule has 3 aromatic rings. The van der Waals surface area contributed by atoms with E-state index in [1.165, 1.54) is 12.1 Å². The molecule has 5 bridgehead atoms. The van der Waals surface area contributed by atoms with Gasteiger partial charge >= 0.3 is 40.5 Å². The fourth-order valence-corrected chi connectivity index (χ4v) is 7.67. The molecule has 0 spiro atoms. The second-order valence-electron chi connectivity index (χ2n) is 9.19. The average Bonchev–Trinajstić information content (AvgIpc) is 2.91. The lowest BCUT2D eigenvalue weighted by Gasteiger charge is -2.29. The standard InChI is InChI=1S/C23H19N3O14S4/c1-38-23(44(35,36)37)10-8-22(9-11-23,43(32,33)34)26-25-15-12-14-4-5-16(15)40-41(28,29)17-6-2-13-3-7-18(42(30,31)39-14)21(27)19(13)20(17)24/h2-12,27H,24H2,1H3,(H,32,33,34)(H,35,36,37). The van der Waals surface area contributed by atoms with E-state index in [9.17, 15) is 47.9 Å². The third-order valence-corrected chi connectivity index (χ3v) is 11.6. The van der Waals surface area contributed by atoms with E-state index in [-0.39, 0.29) is 10.8 Å². The Morgan fingerprint density at radius 1 is 0.841 bits per heavy atom. The van der Waals surface area contributed by atoms with Gasteiger partial charge in [-0.2, -0.15) is 38.8 Å². The van der Waals surface area contributed by atoms with Gasteiger partial charge in [-0.3, -0.25) is 9.11 Å². The molecule has 0 atom stereocenters. The SMILES string of the molecule is COC1(S(=O)(=O)O)C=CC(N=Nc2cc3ccc2OS(=O)(=O)c2ccc4ccc(c(O)c4c2N)S(=O)(=O)O3)(S(=O)(=O)O)C=C1. The van der Waals surface area contributed by atoms with Crippen molar-refractivity contribution in [1.29, 1.82) is 0 Å². The van der Waals surface area contributed by atoms with Crippen LogP contribution in [-0.2, 0) is 45.2 Å². The van der Waals surface area contributed by atoms with E-state index in [0.717, 1.165) is 37.4 Å². The van der Waals surface area contributed by atoms with Gasteiger partial charge in [0.25, 0.3) is 0 Å². The van der Waals surface area contributed by atoms with Crippen LogP contribution >= 0.6 is 0 Å². The minimum absolute atomic E-state index is 0.178. The average molecular weight is 690 g/mol. The van der Waals surface area contributed by atoms with E-state index in [1.807, 2.05) is 0 Å². The van der Waals surface area contributed by atoms with Gasteiger partial charge in [0.05, 0.1) is 5.69 Å². The molecule has 21 heteroatoms. The molecule has 17 nitrogen and oxygen atoms in total. The number of methoxy groups -OCH3 is 1. The number of ether oxygens (including phenoxy) is 1. The summed E-state index contributed by atoms with van der Waals surface area (Å²) in [6.45, 7) is 0. The number of nitrogens with two attached hydrogens (primary N) is 1. The summed E-state index contributed by atoms with van der Waals surface area (Å²) in [7, 11) is -19.2. The van der Waals surface area contributed by atoms with Gasteiger partial charge in [0.15, 0.2) is 5.75 Å². The smallest absolute Gasteiger partial charge is 0.342 e. The first kappa shape index (κ1) is 31.3. The number of benzene rings is 3. The van der Waals surface area contributed by atoms with Crippen molar-refractivity contribution in [3.8, 4) is 17.2 Å². The Kier molecular flexibility index (Phi) is 7.08. The highest BCUT2D eigenvalue weighted by Crippen LogP contribution is 2.43. The highest BCUT2D eigenvalue weighted by Gasteiger charge is 2.48. The van der Waals surface area contributed by atoms with Crippen LogP contribution in [0.15, 0.2) is 86.8 Å². The van der Waals surface area contributed by atoms with Crippen molar-refractivity contribution in [1.82, 2.24) is 0 Å². The van der Waals surface area contributed by atoms with Crippen LogP contribution in [0.4, 0.5) is 11.4 Å². The van der Waals surface area contributed by atoms with Crippen molar-refractivity contribution in [2.75, 3.05) is 12.8 Å². The molecule has 234 valence electrons. The van der Waals surface area contributed by atoms with Crippen LogP contribution in [0.25, 0.3) is 10.8 Å². The Labute approximate surface area is 249 Å². The molecule has 0 amide bonds. The predicted molar refractivity (Wildman–Crippen MR) is 150 cm³/mol. The Bertz CT molecular complexity index is 2260. The van der Waals surface area contributed by atoms with Gasteiger partial charge in [-0.05, 0) is 54.0 Å². The lowest BCUT2D eigenvalue weighted by atomic mass is 10.1. The van der Waals surface area contributed by atoms with E-state index < -0.39 is 88.7 Å². The summed E-state index contributed by atoms with van der Waals surface area (Å²) < 4.78 is 136. The largest absolute Gasteiger partial charge is 0.506 e. The molecule has 0 saturated carbocycles. The van der Waals surface area contributed by atoms with Crippen molar-refractivity contribution < 1.29 is 61.0 Å². The third-order valence-electron chi connectivity index (χ3n) is 6.56. The van der Waals surface area contributed by atoms with Gasteiger partial charge in [0.1, 0.15) is 27.0 Å². The summed E-state index contributed by atoms with van der Waals surface area (Å²) in [5, 5.41) is 17.9. The second-order valence-corrected chi connectivity index (χ2v) is 15.4. The molecule has 6 rings (SSSR count). The first-order chi connectivity index (χ1) is 20.3. The number of hydrogen-bond acceptors (Lipinski definition) is 15. The van der Waals surface area contributed by atoms with Crippen LogP contribution in [0, 0.1) is 0 Å². The predicted octanol–water partition coefficient (Wildman–Crippen LogP) is 2.00. The number of phenols is 1. The van der Waals surface area contributed by atoms with Gasteiger partial charge in [-0.25, -0.2) is 0 Å². The van der Waals surface area contributed by atoms with E-state index >= 15 is 0 Å². The number of aromatic hydroxyl groups is 1. The van der Waals surface area contributed by atoms with Gasteiger partial charge < -0.3 is 23.9 Å². The van der Waals surface area contributed by atoms with Crippen molar-refractivity contribution in [3.05, 3.63) is 66.8 Å². The van der Waals surface area contributed by atoms with Crippen molar-refractivity contribution in [3.63, 3.8) is 0 Å². The molecular weight excluding hydrogens is 671 g/mol. The number of phenolic OH excluding ortho intramolecular Hbond substituents is 1. The monoisotopic (exact) mass is 689 g/mol. The molecule has 3 aromatic carbocycles. The zero-order valence-electron chi connectivity index (χ0n) is 21.8. The number of hydrogen-bond donors (Lipinski definition) is 4. The molecule has 3 aliphatic rings. The zero-order valence-corrected chi connectivity index (χ0v) is 25.1. The van der Waals surface area contributed by atoms with E-state index in [2.05, 4.69) is 10.2 Å². The van der Waals surface area contributed by atoms with E-state index in [4.69, 9.17) is 18.8 Å². The van der Waals surface area contributed by atoms with Crippen LogP contribution in [0.5, 0.6) is 17.2 Å². The van der Waals surface area contributed by atoms with Crippen molar-refractivity contribution >= 4 is 62.6 Å². The topological polar surface area (TPSA) is 276 Å². The maximum atomic E-state index is 13.3. The van der Waals surface area contributed by atoms with Crippen LogP contribution < -0.4 is 14.1 Å². The van der Waals surface area contributed by atoms with Gasteiger partial charge in [-0.1, -0.05) is 12.1 Å². The van der Waals surface area contributed by atoms with Crippen LogP contribution in [-0.4, -0.2) is 64.8 Å². The van der Waals surface area contributed by atoms with Crippen LogP contribution in [0.1, 0.15) is 0 Å². The Hall–Kier alpha value is -4.12. The summed E-state index contributed by atoms with van der Waals surface area (Å²) in [4.78, 5) is -6.88. The molecule has 44 heavy (non-hydrogen) atoms. The number of nitrogen functional groups attached to an aromatic ring is 1. The van der Waals surface area contributed by atoms with Crippen LogP contribution in [0.3, 0.4) is 0 Å². The molecule has 0 unspecified atom stereocenters. The van der Waals surface area contributed by atoms with Crippen molar-refractivity contribution in [2.45, 2.75) is 19.6 Å². The van der Waals surface area contributed by atoms with Gasteiger partial charge in [0, 0.05) is 18.6 Å². The molecule has 5 N–H and O–H groups in total. The normalized spacial score (nSPS) is 24.1. The highest BCUT2D eigenvalue weighted by atomic mass is 32.2. The minimum atomic E-state index is -5.32. The maximum Gasteiger partial charge on any atom is 0.342 e. The highest BCUT2D eigenvalue weighted by molar-refractivity contribution is 7.88. The quantitative estimate of drug-likeness (QED) is 0.0980. The van der Waals surface area contributed by atoms with Crippen LogP contribution in [0.2, 0.25) is 0 Å². The number of rotatable bonds is 5. The number of nitrogens with zero attached hydrogens (tertiary/aromatic N) is 2. The lowest BCUT2D eigenvalue weighted by molar-refractivity contribution is 0.129. The second kappa shape index (κ2) is 9.95. The fourth-order valence-electron chi connectivity index (χ4n) is 4.26. The van der Waals surface area contributed by atoms with E-state index in [0.29, 0.717) is 24.3 Å². The molecule has 0 saturated heterocycles. The molecular formula is C23H19N3O14S4. The Balaban J connectivity index is 1.72. The molecule has 1 aliphatic carbocycles. The number of anilines is 1. The molecule has 2 aliphatic heterocycles. The minimum Gasteiger partial charge on any atom is -0.506 e. The summed E-state index contributed by atoms with van der Waals surface area (Å²) in [5.74, 6) is -2.11. The molecule has 2 heterocycles. The summed E-state index contributed by atoms with van der Waals surface area (Å²) in [6, 6.07) is 7.13. The summed E-state index contributed by atoms with van der Waals surface area (Å²) in [5.41, 5.74) is 4.80. The third kappa shape index (κ3) is 4.96. The van der Waals surface area contributed by atoms with Crippen molar-refractivity contribution in [2.24, 2.45) is 10.2 Å². The lowest BCUT2D eigenvalue weighted by Crippen LogP contribution is -2.42. The number of fused-ring (bicyclic) bond motifs is 4.